The number of ketones is 1. The zero-order valence-electron chi connectivity index (χ0n) is 9.78. The highest BCUT2D eigenvalue weighted by Crippen LogP contribution is 2.20. The minimum atomic E-state index is -0.106. The van der Waals surface area contributed by atoms with Crippen LogP contribution in [0.15, 0.2) is 36.5 Å². The first-order chi connectivity index (χ1) is 8.58. The summed E-state index contributed by atoms with van der Waals surface area (Å²) in [6.07, 6.45) is 1.72. The topological polar surface area (TPSA) is 30.0 Å². The van der Waals surface area contributed by atoms with Crippen molar-refractivity contribution in [1.29, 1.82) is 0 Å². The molecule has 1 aromatic carbocycles. The highest BCUT2D eigenvalue weighted by Gasteiger charge is 2.14. The summed E-state index contributed by atoms with van der Waals surface area (Å²) in [6.45, 7) is 1.97. The number of hydrogen-bond donors (Lipinski definition) is 0. The van der Waals surface area contributed by atoms with Crippen molar-refractivity contribution in [3.63, 3.8) is 0 Å². The van der Waals surface area contributed by atoms with Crippen LogP contribution in [0.25, 0.3) is 0 Å². The van der Waals surface area contributed by atoms with E-state index in [0.717, 1.165) is 11.1 Å². The molecule has 4 heteroatoms. The number of pyridine rings is 1. The van der Waals surface area contributed by atoms with Gasteiger partial charge in [0.2, 0.25) is 0 Å². The van der Waals surface area contributed by atoms with Crippen LogP contribution in [0.2, 0.25) is 10.0 Å². The van der Waals surface area contributed by atoms with Crippen LogP contribution in [0.4, 0.5) is 0 Å². The highest BCUT2D eigenvalue weighted by atomic mass is 35.5. The molecule has 0 saturated heterocycles. The molecular formula is C14H11Cl2NO. The van der Waals surface area contributed by atoms with E-state index in [1.165, 1.54) is 12.3 Å². The maximum atomic E-state index is 12.1. The van der Waals surface area contributed by atoms with Crippen molar-refractivity contribution in [2.75, 3.05) is 0 Å². The van der Waals surface area contributed by atoms with Gasteiger partial charge in [0.1, 0.15) is 5.69 Å². The van der Waals surface area contributed by atoms with Gasteiger partial charge in [-0.1, -0.05) is 47.5 Å². The van der Waals surface area contributed by atoms with Gasteiger partial charge in [-0.2, -0.15) is 0 Å². The van der Waals surface area contributed by atoms with Gasteiger partial charge < -0.3 is 0 Å². The third kappa shape index (κ3) is 2.89. The summed E-state index contributed by atoms with van der Waals surface area (Å²) in [4.78, 5) is 16.1. The molecule has 1 aromatic heterocycles. The number of Topliss-reactive ketones (excluding diaryl/α,β-unsaturated/α-hetero) is 1. The number of benzene rings is 1. The summed E-state index contributed by atoms with van der Waals surface area (Å²) < 4.78 is 0. The molecule has 0 bridgehead atoms. The average molecular weight is 280 g/mol. The van der Waals surface area contributed by atoms with Gasteiger partial charge in [0, 0.05) is 12.6 Å². The summed E-state index contributed by atoms with van der Waals surface area (Å²) in [5.74, 6) is -0.106. The van der Waals surface area contributed by atoms with Gasteiger partial charge in [0.25, 0.3) is 0 Å². The van der Waals surface area contributed by atoms with Gasteiger partial charge in [0.15, 0.2) is 5.78 Å². The van der Waals surface area contributed by atoms with Crippen LogP contribution in [0.1, 0.15) is 21.6 Å². The minimum absolute atomic E-state index is 0.106. The van der Waals surface area contributed by atoms with E-state index in [-0.39, 0.29) is 11.5 Å². The predicted octanol–water partition coefficient (Wildman–Crippen LogP) is 4.12. The maximum absolute atomic E-state index is 12.1. The second-order valence-electron chi connectivity index (χ2n) is 4.01. The van der Waals surface area contributed by atoms with Crippen LogP contribution in [0.3, 0.4) is 0 Å². The first-order valence-electron chi connectivity index (χ1n) is 5.46. The van der Waals surface area contributed by atoms with Gasteiger partial charge in [-0.25, -0.2) is 4.98 Å². The molecule has 2 nitrogen and oxygen atoms in total. The fourth-order valence-electron chi connectivity index (χ4n) is 1.68. The molecule has 92 valence electrons. The summed E-state index contributed by atoms with van der Waals surface area (Å²) in [5, 5.41) is 0.716. The highest BCUT2D eigenvalue weighted by molar-refractivity contribution is 6.36. The quantitative estimate of drug-likeness (QED) is 0.791. The lowest BCUT2D eigenvalue weighted by atomic mass is 10.0. The smallest absolute Gasteiger partial charge is 0.187 e. The number of nitrogens with zero attached hydrogens (tertiary/aromatic N) is 1. The van der Waals surface area contributed by atoms with Gasteiger partial charge in [-0.15, -0.1) is 0 Å². The third-order valence-corrected chi connectivity index (χ3v) is 3.18. The Kier molecular flexibility index (Phi) is 4.00. The Bertz CT molecular complexity index is 596. The molecular weight excluding hydrogens is 269 g/mol. The summed E-state index contributed by atoms with van der Waals surface area (Å²) in [5.41, 5.74) is 2.33. The molecule has 0 N–H and O–H groups in total. The number of carbonyl (C=O) groups excluding carboxylic acids is 1. The first-order valence-corrected chi connectivity index (χ1v) is 6.22. The van der Waals surface area contributed by atoms with E-state index in [2.05, 4.69) is 4.98 Å². The van der Waals surface area contributed by atoms with Crippen molar-refractivity contribution < 1.29 is 4.79 Å². The average Bonchev–Trinajstić information content (AvgIpc) is 2.32. The van der Waals surface area contributed by atoms with Gasteiger partial charge in [-0.3, -0.25) is 4.79 Å². The second kappa shape index (κ2) is 5.51. The number of rotatable bonds is 3. The SMILES string of the molecule is Cc1ccccc1CC(=O)c1ncc(Cl)cc1Cl. The van der Waals surface area contributed by atoms with Crippen molar-refractivity contribution >= 4 is 29.0 Å². The van der Waals surface area contributed by atoms with Crippen LogP contribution < -0.4 is 0 Å². The van der Waals surface area contributed by atoms with E-state index in [0.29, 0.717) is 16.5 Å². The zero-order valence-corrected chi connectivity index (χ0v) is 11.3. The molecule has 0 atom stereocenters. The van der Waals surface area contributed by atoms with Gasteiger partial charge >= 0.3 is 0 Å². The Balaban J connectivity index is 2.25. The van der Waals surface area contributed by atoms with Crippen LogP contribution in [0, 0.1) is 6.92 Å². The largest absolute Gasteiger partial charge is 0.292 e. The minimum Gasteiger partial charge on any atom is -0.292 e. The molecule has 2 rings (SSSR count). The van der Waals surface area contributed by atoms with E-state index in [1.807, 2.05) is 31.2 Å². The van der Waals surface area contributed by atoms with E-state index in [9.17, 15) is 4.79 Å². The Morgan fingerprint density at radius 3 is 2.67 bits per heavy atom. The Hall–Kier alpha value is -1.38. The number of carbonyl (C=O) groups is 1. The number of halogens is 2. The van der Waals surface area contributed by atoms with E-state index < -0.39 is 0 Å². The van der Waals surface area contributed by atoms with Crippen molar-refractivity contribution in [3.05, 3.63) is 63.4 Å². The third-order valence-electron chi connectivity index (χ3n) is 2.68. The van der Waals surface area contributed by atoms with Gasteiger partial charge in [-0.05, 0) is 24.1 Å². The lowest BCUT2D eigenvalue weighted by molar-refractivity contribution is 0.0988. The number of aryl methyl sites for hydroxylation is 1. The second-order valence-corrected chi connectivity index (χ2v) is 4.85. The van der Waals surface area contributed by atoms with E-state index in [4.69, 9.17) is 23.2 Å². The predicted molar refractivity (Wildman–Crippen MR) is 73.5 cm³/mol. The molecule has 0 aliphatic rings. The summed E-state index contributed by atoms with van der Waals surface area (Å²) >= 11 is 11.7. The molecule has 0 unspecified atom stereocenters. The standard InChI is InChI=1S/C14H11Cl2NO/c1-9-4-2-3-5-10(9)6-13(18)14-12(16)7-11(15)8-17-14/h2-5,7-8H,6H2,1H3. The van der Waals surface area contributed by atoms with Crippen LogP contribution in [-0.2, 0) is 6.42 Å². The lowest BCUT2D eigenvalue weighted by Gasteiger charge is -2.05. The lowest BCUT2D eigenvalue weighted by Crippen LogP contribution is -2.07. The van der Waals surface area contributed by atoms with Crippen molar-refractivity contribution in [2.24, 2.45) is 0 Å². The van der Waals surface area contributed by atoms with Crippen molar-refractivity contribution in [2.45, 2.75) is 13.3 Å². The molecule has 0 spiro atoms. The fraction of sp³-hybridized carbons (Fsp3) is 0.143. The first kappa shape index (κ1) is 13.1. The molecule has 2 aromatic rings. The monoisotopic (exact) mass is 279 g/mol. The van der Waals surface area contributed by atoms with Crippen LogP contribution in [0.5, 0.6) is 0 Å². The number of aromatic nitrogens is 1. The molecule has 0 aliphatic heterocycles. The molecule has 18 heavy (non-hydrogen) atoms. The zero-order chi connectivity index (χ0) is 13.1. The molecule has 1 heterocycles. The molecule has 0 aliphatic carbocycles. The fourth-order valence-corrected chi connectivity index (χ4v) is 2.17. The van der Waals surface area contributed by atoms with Gasteiger partial charge in [0.05, 0.1) is 10.0 Å². The Labute approximate surface area is 116 Å². The molecule has 0 radical (unpaired) electrons. The van der Waals surface area contributed by atoms with Crippen molar-refractivity contribution in [1.82, 2.24) is 4.98 Å². The summed E-state index contributed by atoms with van der Waals surface area (Å²) in [6, 6.07) is 9.28. The van der Waals surface area contributed by atoms with E-state index in [1.54, 1.807) is 0 Å². The van der Waals surface area contributed by atoms with Crippen LogP contribution in [-0.4, -0.2) is 10.8 Å². The van der Waals surface area contributed by atoms with Crippen LogP contribution >= 0.6 is 23.2 Å². The maximum Gasteiger partial charge on any atom is 0.187 e. The van der Waals surface area contributed by atoms with E-state index >= 15 is 0 Å². The molecule has 0 saturated carbocycles. The number of hydrogen-bond acceptors (Lipinski definition) is 2. The molecule has 0 amide bonds. The normalized spacial score (nSPS) is 10.4. The Morgan fingerprint density at radius 1 is 1.28 bits per heavy atom. The summed E-state index contributed by atoms with van der Waals surface area (Å²) in [7, 11) is 0. The Morgan fingerprint density at radius 2 is 2.00 bits per heavy atom. The molecule has 0 fully saturated rings. The van der Waals surface area contributed by atoms with Crippen molar-refractivity contribution in [3.8, 4) is 0 Å².